The van der Waals surface area contributed by atoms with Gasteiger partial charge in [0.05, 0.1) is 33.6 Å². The summed E-state index contributed by atoms with van der Waals surface area (Å²) in [6.45, 7) is -9.30. The Morgan fingerprint density at radius 2 is 0.615 bits per heavy atom. The second-order valence-corrected chi connectivity index (χ2v) is 20.1. The number of amides is 3. The molecular formula is C69H54N6O3. The summed E-state index contributed by atoms with van der Waals surface area (Å²) >= 11 is 0. The first kappa shape index (κ1) is 38.9. The maximum atomic E-state index is 15.3. The average molecular weight is 1020 g/mol. The number of rotatable bonds is 9. The first-order chi connectivity index (χ1) is 41.7. The Morgan fingerprint density at radius 1 is 0.333 bits per heavy atom. The van der Waals surface area contributed by atoms with Gasteiger partial charge < -0.3 is 14.7 Å². The van der Waals surface area contributed by atoms with E-state index >= 15 is 14.4 Å². The Kier molecular flexibility index (Phi) is 9.89. The molecule has 78 heavy (non-hydrogen) atoms. The van der Waals surface area contributed by atoms with Crippen molar-refractivity contribution in [2.24, 2.45) is 17.8 Å². The maximum Gasteiger partial charge on any atom is 0.229 e. The largest absolute Gasteiger partial charge is 0.315 e. The van der Waals surface area contributed by atoms with Crippen LogP contribution in [0.1, 0.15) is 31.6 Å². The Balaban J connectivity index is 0.830. The standard InChI is InChI=1S/C69H54N6O3/c1-73(52-25-16-46(17-26-52)61-37-31-58-55-13-7-4-10-43(55)22-34-64(58)70-61)67(76)49-40-50(68(77)74(2)53-27-18-47(19-28-53)62-38-32-59-56-14-8-5-11-44(56)23-35-65(59)71-62)42-51(41-49)69(78)75(3)54-29-20-48(21-30-54)63-39-33-60-57-15-9-6-12-45(57)24-36-66(60)72-63/h4-39,49-51H,40-42H2,1-3H3/i1D3,2D3,3D3. The highest BCUT2D eigenvalue weighted by Gasteiger charge is 2.42. The fourth-order valence-corrected chi connectivity index (χ4v) is 11.3. The van der Waals surface area contributed by atoms with Gasteiger partial charge in [-0.1, -0.05) is 146 Å². The predicted molar refractivity (Wildman–Crippen MR) is 319 cm³/mol. The van der Waals surface area contributed by atoms with Crippen molar-refractivity contribution in [3.63, 3.8) is 0 Å². The molecule has 13 rings (SSSR count). The zero-order valence-electron chi connectivity index (χ0n) is 51.0. The van der Waals surface area contributed by atoms with Gasteiger partial charge in [-0.25, -0.2) is 15.0 Å². The highest BCUT2D eigenvalue weighted by atomic mass is 16.2. The minimum absolute atomic E-state index is 0.0104. The summed E-state index contributed by atoms with van der Waals surface area (Å²) in [5, 5.41) is 9.20. The lowest BCUT2D eigenvalue weighted by molar-refractivity contribution is -0.131. The maximum absolute atomic E-state index is 15.3. The minimum Gasteiger partial charge on any atom is -0.315 e. The van der Waals surface area contributed by atoms with Crippen LogP contribution >= 0.6 is 0 Å². The number of carbonyl (C=O) groups excluding carboxylic acids is 3. The zero-order valence-corrected chi connectivity index (χ0v) is 42.0. The van der Waals surface area contributed by atoms with Gasteiger partial charge in [0, 0.05) is 101 Å². The Hall–Kier alpha value is -9.60. The highest BCUT2D eigenvalue weighted by Crippen LogP contribution is 2.40. The first-order valence-corrected chi connectivity index (χ1v) is 25.9. The van der Waals surface area contributed by atoms with Crippen LogP contribution in [0.3, 0.4) is 0 Å². The average Bonchev–Trinajstić information content (AvgIpc) is 1.23. The fourth-order valence-electron chi connectivity index (χ4n) is 11.3. The van der Waals surface area contributed by atoms with Gasteiger partial charge in [-0.05, 0) is 124 Å². The molecule has 0 unspecified atom stereocenters. The SMILES string of the molecule is [2H]C([2H])([2H])N(C(=O)C1CC(C(=O)N(c2ccc(-c3ccc4c(ccc5ccccc54)n3)cc2)C([2H])([2H])[2H])CC(C(=O)N(c2ccc(-c3ccc4c(ccc5ccccc54)n3)cc2)C([2H])([2H])[2H])C1)c1ccc(-c2ccc3c(ccc4ccccc43)n2)cc1. The van der Waals surface area contributed by atoms with E-state index in [-0.39, 0.29) is 36.3 Å². The molecule has 1 fully saturated rings. The van der Waals surface area contributed by atoms with E-state index in [1.807, 2.05) is 146 Å². The van der Waals surface area contributed by atoms with E-state index in [4.69, 9.17) is 27.3 Å². The van der Waals surface area contributed by atoms with Gasteiger partial charge in [0.2, 0.25) is 17.7 Å². The molecule has 3 aromatic heterocycles. The molecule has 1 aliphatic carbocycles. The number of hydrogen-bond donors (Lipinski definition) is 0. The summed E-state index contributed by atoms with van der Waals surface area (Å²) in [5.74, 6) is -7.08. The number of pyridine rings is 3. The summed E-state index contributed by atoms with van der Waals surface area (Å²) < 4.78 is 78.9. The highest BCUT2D eigenvalue weighted by molar-refractivity contribution is 6.09. The van der Waals surface area contributed by atoms with Gasteiger partial charge in [0.25, 0.3) is 0 Å². The Morgan fingerprint density at radius 3 is 0.897 bits per heavy atom. The molecular weight excluding hydrogens is 961 g/mol. The molecule has 12 aromatic rings. The summed E-state index contributed by atoms with van der Waals surface area (Å²) in [6.07, 6.45) is -1.09. The molecule has 0 bridgehead atoms. The van der Waals surface area contributed by atoms with Crippen molar-refractivity contribution in [3.05, 3.63) is 218 Å². The first-order valence-electron chi connectivity index (χ1n) is 30.4. The number of carbonyl (C=O) groups is 3. The predicted octanol–water partition coefficient (Wildman–Crippen LogP) is 15.1. The molecule has 9 aromatic carbocycles. The molecule has 0 aliphatic heterocycles. The van der Waals surface area contributed by atoms with Crippen LogP contribution in [0, 0.1) is 17.8 Å². The number of nitrogens with zero attached hydrogens (tertiary/aromatic N) is 6. The minimum atomic E-state index is -3.10. The molecule has 1 saturated carbocycles. The van der Waals surface area contributed by atoms with Crippen molar-refractivity contribution in [1.29, 1.82) is 0 Å². The molecule has 0 atom stereocenters. The van der Waals surface area contributed by atoms with Gasteiger partial charge >= 0.3 is 0 Å². The summed E-state index contributed by atoms with van der Waals surface area (Å²) in [4.78, 5) is 62.5. The number of anilines is 3. The van der Waals surface area contributed by atoms with Gasteiger partial charge in [-0.15, -0.1) is 0 Å². The van der Waals surface area contributed by atoms with Crippen molar-refractivity contribution in [1.82, 2.24) is 15.0 Å². The van der Waals surface area contributed by atoms with Gasteiger partial charge in [0.15, 0.2) is 0 Å². The van der Waals surface area contributed by atoms with Crippen LogP contribution in [0.2, 0.25) is 0 Å². The number of fused-ring (bicyclic) bond motifs is 9. The molecule has 9 nitrogen and oxygen atoms in total. The third-order valence-corrected chi connectivity index (χ3v) is 15.5. The molecule has 0 radical (unpaired) electrons. The van der Waals surface area contributed by atoms with E-state index in [1.165, 1.54) is 36.4 Å². The van der Waals surface area contributed by atoms with Crippen LogP contribution in [-0.2, 0) is 14.4 Å². The molecule has 378 valence electrons. The Bertz CT molecular complexity index is 4210. The van der Waals surface area contributed by atoms with Crippen LogP contribution in [0.15, 0.2) is 218 Å². The van der Waals surface area contributed by atoms with E-state index in [9.17, 15) is 0 Å². The van der Waals surface area contributed by atoms with Crippen molar-refractivity contribution in [2.45, 2.75) is 19.3 Å². The third kappa shape index (κ3) is 8.82. The van der Waals surface area contributed by atoms with E-state index < -0.39 is 56.4 Å². The van der Waals surface area contributed by atoms with Gasteiger partial charge in [-0.2, -0.15) is 0 Å². The smallest absolute Gasteiger partial charge is 0.229 e. The molecule has 0 N–H and O–H groups in total. The number of hydrogen-bond acceptors (Lipinski definition) is 6. The van der Waals surface area contributed by atoms with Crippen LogP contribution in [0.4, 0.5) is 17.1 Å². The Labute approximate surface area is 464 Å². The van der Waals surface area contributed by atoms with Crippen molar-refractivity contribution >= 4 is 99.8 Å². The van der Waals surface area contributed by atoms with Gasteiger partial charge in [0.1, 0.15) is 0 Å². The van der Waals surface area contributed by atoms with E-state index in [0.717, 1.165) is 65.0 Å². The van der Waals surface area contributed by atoms with E-state index in [0.29, 0.717) is 48.5 Å². The quantitative estimate of drug-likeness (QED) is 0.134. The lowest BCUT2D eigenvalue weighted by atomic mass is 9.73. The number of benzene rings is 9. The van der Waals surface area contributed by atoms with Crippen LogP contribution < -0.4 is 14.7 Å². The molecule has 0 spiro atoms. The van der Waals surface area contributed by atoms with Crippen LogP contribution in [0.25, 0.3) is 98.8 Å². The molecule has 3 amide bonds. The number of aromatic nitrogens is 3. The summed E-state index contributed by atoms with van der Waals surface area (Å²) in [6, 6.07) is 66.2. The molecule has 0 saturated heterocycles. The van der Waals surface area contributed by atoms with E-state index in [1.54, 1.807) is 36.4 Å². The molecule has 9 heteroatoms. The molecule has 3 heterocycles. The third-order valence-electron chi connectivity index (χ3n) is 15.5. The normalized spacial score (nSPS) is 17.7. The van der Waals surface area contributed by atoms with Crippen LogP contribution in [-0.4, -0.2) is 53.6 Å². The topological polar surface area (TPSA) is 99.6 Å². The van der Waals surface area contributed by atoms with Crippen molar-refractivity contribution < 1.29 is 26.7 Å². The van der Waals surface area contributed by atoms with Crippen LogP contribution in [0.5, 0.6) is 0 Å². The van der Waals surface area contributed by atoms with Crippen molar-refractivity contribution in [3.8, 4) is 33.8 Å². The van der Waals surface area contributed by atoms with Crippen molar-refractivity contribution in [2.75, 3.05) is 35.6 Å². The van der Waals surface area contributed by atoms with E-state index in [2.05, 4.69) is 0 Å². The lowest BCUT2D eigenvalue weighted by Gasteiger charge is -2.37. The zero-order chi connectivity index (χ0) is 60.5. The summed E-state index contributed by atoms with van der Waals surface area (Å²) in [5.41, 5.74) is 5.96. The monoisotopic (exact) mass is 1020 g/mol. The second-order valence-electron chi connectivity index (χ2n) is 20.1. The fraction of sp³-hybridized carbons (Fsp3) is 0.130. The lowest BCUT2D eigenvalue weighted by Crippen LogP contribution is -2.46. The summed E-state index contributed by atoms with van der Waals surface area (Å²) in [7, 11) is 0. The van der Waals surface area contributed by atoms with Gasteiger partial charge in [-0.3, -0.25) is 14.4 Å². The molecule has 1 aliphatic rings. The second kappa shape index (κ2) is 19.8.